The van der Waals surface area contributed by atoms with Gasteiger partial charge in [-0.05, 0) is 30.2 Å². The quantitative estimate of drug-likeness (QED) is 0.374. The Bertz CT molecular complexity index is 1380. The molecule has 0 atom stereocenters. The Balaban J connectivity index is 1.30. The first kappa shape index (κ1) is 23.2. The van der Waals surface area contributed by atoms with Crippen LogP contribution in [0.1, 0.15) is 28.0 Å². The van der Waals surface area contributed by atoms with E-state index >= 15 is 0 Å². The lowest BCUT2D eigenvalue weighted by molar-refractivity contribution is 0.0947. The molecule has 3 aromatic heterocycles. The van der Waals surface area contributed by atoms with E-state index in [9.17, 15) is 9.59 Å². The van der Waals surface area contributed by atoms with Crippen molar-refractivity contribution in [2.24, 2.45) is 0 Å². The van der Waals surface area contributed by atoms with Crippen LogP contribution in [0.5, 0.6) is 5.75 Å². The fraction of sp³-hybridized carbons (Fsp3) is 0.375. The van der Waals surface area contributed by atoms with E-state index in [1.807, 2.05) is 23.0 Å². The second-order valence-electron chi connectivity index (χ2n) is 8.52. The molecule has 0 spiro atoms. The molecule has 1 N–H and O–H groups in total. The molecule has 0 unspecified atom stereocenters. The number of aryl methyl sites for hydroxylation is 1. The molecule has 4 heterocycles. The van der Waals surface area contributed by atoms with Crippen molar-refractivity contribution in [3.63, 3.8) is 0 Å². The van der Waals surface area contributed by atoms with Gasteiger partial charge in [0.2, 0.25) is 0 Å². The van der Waals surface area contributed by atoms with Gasteiger partial charge in [-0.1, -0.05) is 6.07 Å². The van der Waals surface area contributed by atoms with Crippen molar-refractivity contribution in [2.75, 3.05) is 26.7 Å². The number of nitrogens with one attached hydrogen (secondary N) is 1. The van der Waals surface area contributed by atoms with E-state index in [0.717, 1.165) is 41.8 Å². The number of nitrogens with zero attached hydrogens (tertiary/aromatic N) is 6. The van der Waals surface area contributed by atoms with E-state index in [2.05, 4.69) is 36.2 Å². The molecule has 5 rings (SSSR count). The average Bonchev–Trinajstić information content (AvgIpc) is 3.51. The molecule has 182 valence electrons. The molecule has 0 fully saturated rings. The molecule has 0 aliphatic carbocycles. The zero-order valence-corrected chi connectivity index (χ0v) is 20.3. The molecule has 1 amide bonds. The third kappa shape index (κ3) is 5.10. The lowest BCUT2D eigenvalue weighted by Gasteiger charge is -2.19. The smallest absolute Gasteiger partial charge is 0.256 e. The van der Waals surface area contributed by atoms with Crippen LogP contribution in [0.3, 0.4) is 0 Å². The number of hydrogen-bond donors (Lipinski definition) is 1. The van der Waals surface area contributed by atoms with Crippen molar-refractivity contribution in [3.05, 3.63) is 69.9 Å². The minimum absolute atomic E-state index is 0.149. The molecular weight excluding hydrogens is 466 g/mol. The Morgan fingerprint density at radius 2 is 2.06 bits per heavy atom. The van der Waals surface area contributed by atoms with Gasteiger partial charge in [0.15, 0.2) is 0 Å². The fourth-order valence-electron chi connectivity index (χ4n) is 4.51. The predicted octanol–water partition coefficient (Wildman–Crippen LogP) is 1.94. The Hall–Kier alpha value is -3.57. The molecule has 35 heavy (non-hydrogen) atoms. The van der Waals surface area contributed by atoms with Gasteiger partial charge >= 0.3 is 0 Å². The summed E-state index contributed by atoms with van der Waals surface area (Å²) in [5.41, 5.74) is 3.97. The van der Waals surface area contributed by atoms with E-state index in [4.69, 9.17) is 4.74 Å². The molecular formula is C24H27N7O3S. The van der Waals surface area contributed by atoms with Crippen LogP contribution in [-0.2, 0) is 26.1 Å². The number of pyridine rings is 1. The normalized spacial score (nSPS) is 14.0. The minimum Gasteiger partial charge on any atom is -0.496 e. The Morgan fingerprint density at radius 3 is 2.89 bits per heavy atom. The lowest BCUT2D eigenvalue weighted by atomic mass is 10.1. The highest BCUT2D eigenvalue weighted by atomic mass is 32.1. The number of carbonyl (C=O) groups is 1. The van der Waals surface area contributed by atoms with Gasteiger partial charge in [0.05, 0.1) is 18.8 Å². The van der Waals surface area contributed by atoms with Crippen molar-refractivity contribution >= 4 is 28.7 Å². The standard InChI is InChI=1S/C24H27N7O3S/c1-34-21-15-22(32)31-13-12-29(16-17-4-5-18-19(14-17)28-35-27-18)11-6-20(31)23(21)24(33)25-7-2-9-30-10-3-8-26-30/h3-5,8,10,14-15H,2,6-7,9,11-13,16H2,1H3,(H,25,33). The van der Waals surface area contributed by atoms with Crippen LogP contribution in [0.2, 0.25) is 0 Å². The molecule has 0 radical (unpaired) electrons. The van der Waals surface area contributed by atoms with Gasteiger partial charge in [0.1, 0.15) is 22.3 Å². The van der Waals surface area contributed by atoms with E-state index < -0.39 is 0 Å². The number of carbonyl (C=O) groups excluding carboxylic acids is 1. The van der Waals surface area contributed by atoms with Crippen molar-refractivity contribution in [2.45, 2.75) is 32.5 Å². The SMILES string of the molecule is COc1cc(=O)n2c(c1C(=O)NCCCn1cccn1)CCN(Cc1ccc3nsnc3c1)CC2. The van der Waals surface area contributed by atoms with Gasteiger partial charge in [-0.25, -0.2) is 0 Å². The molecule has 4 aromatic rings. The van der Waals surface area contributed by atoms with Gasteiger partial charge in [-0.2, -0.15) is 13.8 Å². The average molecular weight is 494 g/mol. The molecule has 10 nitrogen and oxygen atoms in total. The van der Waals surface area contributed by atoms with Crippen molar-refractivity contribution < 1.29 is 9.53 Å². The summed E-state index contributed by atoms with van der Waals surface area (Å²) in [7, 11) is 1.49. The van der Waals surface area contributed by atoms with Gasteiger partial charge in [0, 0.05) is 69.8 Å². The summed E-state index contributed by atoms with van der Waals surface area (Å²) >= 11 is 1.21. The highest BCUT2D eigenvalue weighted by molar-refractivity contribution is 7.00. The first-order valence-electron chi connectivity index (χ1n) is 11.6. The maximum atomic E-state index is 13.2. The first-order valence-corrected chi connectivity index (χ1v) is 12.4. The van der Waals surface area contributed by atoms with Crippen LogP contribution in [-0.4, -0.2) is 60.6 Å². The summed E-state index contributed by atoms with van der Waals surface area (Å²) in [6.07, 6.45) is 4.95. The molecule has 0 saturated heterocycles. The first-order chi connectivity index (χ1) is 17.1. The summed E-state index contributed by atoms with van der Waals surface area (Å²) in [5.74, 6) is 0.0989. The van der Waals surface area contributed by atoms with Crippen LogP contribution < -0.4 is 15.6 Å². The molecule has 1 aliphatic heterocycles. The third-order valence-electron chi connectivity index (χ3n) is 6.27. The van der Waals surface area contributed by atoms with Crippen LogP contribution in [0, 0.1) is 0 Å². The topological polar surface area (TPSA) is 107 Å². The van der Waals surface area contributed by atoms with Crippen LogP contribution in [0.25, 0.3) is 11.0 Å². The van der Waals surface area contributed by atoms with E-state index in [0.29, 0.717) is 43.9 Å². The van der Waals surface area contributed by atoms with Crippen molar-refractivity contribution in [3.8, 4) is 5.75 Å². The molecule has 1 aliphatic rings. The molecule has 1 aromatic carbocycles. The van der Waals surface area contributed by atoms with Crippen LogP contribution in [0.15, 0.2) is 47.5 Å². The summed E-state index contributed by atoms with van der Waals surface area (Å²) in [5, 5.41) is 7.17. The maximum absolute atomic E-state index is 13.2. The Labute approximate surface area is 206 Å². The molecule has 0 saturated carbocycles. The minimum atomic E-state index is -0.221. The van der Waals surface area contributed by atoms with E-state index in [-0.39, 0.29) is 11.5 Å². The van der Waals surface area contributed by atoms with Crippen LogP contribution in [0.4, 0.5) is 0 Å². The highest BCUT2D eigenvalue weighted by Crippen LogP contribution is 2.23. The number of methoxy groups -OCH3 is 1. The van der Waals surface area contributed by atoms with E-state index in [1.165, 1.54) is 24.9 Å². The predicted molar refractivity (Wildman–Crippen MR) is 133 cm³/mol. The number of hydrogen-bond acceptors (Lipinski definition) is 8. The lowest BCUT2D eigenvalue weighted by Crippen LogP contribution is -2.32. The summed E-state index contributed by atoms with van der Waals surface area (Å²) in [6, 6.07) is 9.41. The monoisotopic (exact) mass is 493 g/mol. The fourth-order valence-corrected chi connectivity index (χ4v) is 5.02. The summed E-state index contributed by atoms with van der Waals surface area (Å²) in [6.45, 7) is 3.90. The van der Waals surface area contributed by atoms with Gasteiger partial charge in [0.25, 0.3) is 11.5 Å². The second-order valence-corrected chi connectivity index (χ2v) is 9.04. The van der Waals surface area contributed by atoms with Crippen molar-refractivity contribution in [1.82, 2.24) is 33.3 Å². The number of amides is 1. The zero-order valence-electron chi connectivity index (χ0n) is 19.5. The Kier molecular flexibility index (Phi) is 6.87. The number of fused-ring (bicyclic) bond motifs is 2. The Morgan fingerprint density at radius 1 is 1.17 bits per heavy atom. The number of rotatable bonds is 8. The number of aromatic nitrogens is 5. The summed E-state index contributed by atoms with van der Waals surface area (Å²) < 4.78 is 17.6. The summed E-state index contributed by atoms with van der Waals surface area (Å²) in [4.78, 5) is 28.3. The third-order valence-corrected chi connectivity index (χ3v) is 6.82. The molecule has 11 heteroatoms. The maximum Gasteiger partial charge on any atom is 0.256 e. The van der Waals surface area contributed by atoms with Gasteiger partial charge in [-0.3, -0.25) is 19.2 Å². The van der Waals surface area contributed by atoms with Gasteiger partial charge < -0.3 is 14.6 Å². The van der Waals surface area contributed by atoms with Gasteiger partial charge in [-0.15, -0.1) is 0 Å². The van der Waals surface area contributed by atoms with E-state index in [1.54, 1.807) is 10.8 Å². The largest absolute Gasteiger partial charge is 0.496 e. The zero-order chi connectivity index (χ0) is 24.2. The van der Waals surface area contributed by atoms with Crippen LogP contribution >= 0.6 is 11.7 Å². The highest BCUT2D eigenvalue weighted by Gasteiger charge is 2.25. The van der Waals surface area contributed by atoms with Crippen molar-refractivity contribution in [1.29, 1.82) is 0 Å². The molecule has 0 bridgehead atoms. The second kappa shape index (κ2) is 10.4. The number of ether oxygens (including phenoxy) is 1. The number of benzene rings is 1.